The number of rotatable bonds is 8. The fourth-order valence-corrected chi connectivity index (χ4v) is 2.62. The van der Waals surface area contributed by atoms with E-state index in [0.29, 0.717) is 17.9 Å². The SMILES string of the molecule is CC(=O)c1ccc(OCC(O)CN(C)Cc2ccc(Br)cc2)cc1. The van der Waals surface area contributed by atoms with Crippen LogP contribution in [0.25, 0.3) is 0 Å². The molecule has 0 radical (unpaired) electrons. The Kier molecular flexibility index (Phi) is 6.97. The maximum atomic E-state index is 11.2. The molecular weight excluding hydrogens is 370 g/mol. The van der Waals surface area contributed by atoms with Crippen molar-refractivity contribution in [1.82, 2.24) is 4.90 Å². The molecule has 0 amide bonds. The lowest BCUT2D eigenvalue weighted by atomic mass is 10.1. The van der Waals surface area contributed by atoms with Crippen LogP contribution in [0.2, 0.25) is 0 Å². The molecule has 0 saturated heterocycles. The molecule has 0 aliphatic carbocycles. The van der Waals surface area contributed by atoms with Gasteiger partial charge >= 0.3 is 0 Å². The number of halogens is 1. The highest BCUT2D eigenvalue weighted by molar-refractivity contribution is 9.10. The normalized spacial score (nSPS) is 12.2. The molecule has 2 aromatic carbocycles. The van der Waals surface area contributed by atoms with E-state index in [1.807, 2.05) is 19.2 Å². The standard InChI is InChI=1S/C19H22BrNO3/c1-14(22)16-5-9-19(10-6-16)24-13-18(23)12-21(2)11-15-3-7-17(20)8-4-15/h3-10,18,23H,11-13H2,1-2H3. The van der Waals surface area contributed by atoms with Crippen LogP contribution in [0.15, 0.2) is 53.0 Å². The summed E-state index contributed by atoms with van der Waals surface area (Å²) in [4.78, 5) is 13.3. The minimum absolute atomic E-state index is 0.0242. The van der Waals surface area contributed by atoms with Gasteiger partial charge in [-0.3, -0.25) is 9.69 Å². The molecule has 4 nitrogen and oxygen atoms in total. The van der Waals surface area contributed by atoms with Crippen LogP contribution in [-0.2, 0) is 6.54 Å². The van der Waals surface area contributed by atoms with Gasteiger partial charge in [0.15, 0.2) is 5.78 Å². The van der Waals surface area contributed by atoms with Crippen molar-refractivity contribution in [2.45, 2.75) is 19.6 Å². The zero-order valence-corrected chi connectivity index (χ0v) is 15.5. The number of aliphatic hydroxyl groups is 1. The van der Waals surface area contributed by atoms with Gasteiger partial charge in [-0.25, -0.2) is 0 Å². The molecule has 0 aromatic heterocycles. The Labute approximate surface area is 151 Å². The Bertz CT molecular complexity index is 655. The number of benzene rings is 2. The van der Waals surface area contributed by atoms with Gasteiger partial charge in [0.2, 0.25) is 0 Å². The topological polar surface area (TPSA) is 49.8 Å². The highest BCUT2D eigenvalue weighted by Crippen LogP contribution is 2.14. The van der Waals surface area contributed by atoms with Crippen LogP contribution in [0, 0.1) is 0 Å². The molecule has 0 fully saturated rings. The first-order chi connectivity index (χ1) is 11.4. The van der Waals surface area contributed by atoms with E-state index >= 15 is 0 Å². The van der Waals surface area contributed by atoms with Crippen LogP contribution >= 0.6 is 15.9 Å². The third kappa shape index (κ3) is 6.07. The molecule has 0 aliphatic heterocycles. The molecule has 2 aromatic rings. The van der Waals surface area contributed by atoms with Crippen LogP contribution < -0.4 is 4.74 Å². The minimum Gasteiger partial charge on any atom is -0.491 e. The third-order valence-electron chi connectivity index (χ3n) is 3.59. The Morgan fingerprint density at radius 3 is 2.38 bits per heavy atom. The summed E-state index contributed by atoms with van der Waals surface area (Å²) >= 11 is 3.42. The van der Waals surface area contributed by atoms with Gasteiger partial charge in [-0.2, -0.15) is 0 Å². The van der Waals surface area contributed by atoms with Crippen molar-refractivity contribution in [3.05, 3.63) is 64.1 Å². The molecule has 0 spiro atoms. The molecule has 0 heterocycles. The molecule has 1 unspecified atom stereocenters. The first-order valence-electron chi connectivity index (χ1n) is 7.79. The molecule has 0 saturated carbocycles. The molecule has 1 atom stereocenters. The molecule has 24 heavy (non-hydrogen) atoms. The number of Topliss-reactive ketones (excluding diaryl/α,β-unsaturated/α-hetero) is 1. The lowest BCUT2D eigenvalue weighted by molar-refractivity contribution is 0.0743. The van der Waals surface area contributed by atoms with Gasteiger partial charge in [0, 0.05) is 23.1 Å². The van der Waals surface area contributed by atoms with E-state index in [9.17, 15) is 9.90 Å². The number of carbonyl (C=O) groups is 1. The second-order valence-corrected chi connectivity index (χ2v) is 6.78. The number of aliphatic hydroxyl groups excluding tert-OH is 1. The summed E-state index contributed by atoms with van der Waals surface area (Å²) in [5.41, 5.74) is 1.84. The molecule has 1 N–H and O–H groups in total. The van der Waals surface area contributed by atoms with Crippen molar-refractivity contribution in [3.63, 3.8) is 0 Å². The van der Waals surface area contributed by atoms with Gasteiger partial charge in [0.1, 0.15) is 18.5 Å². The lowest BCUT2D eigenvalue weighted by Gasteiger charge is -2.21. The largest absolute Gasteiger partial charge is 0.491 e. The van der Waals surface area contributed by atoms with Crippen molar-refractivity contribution in [2.24, 2.45) is 0 Å². The van der Waals surface area contributed by atoms with Crippen LogP contribution in [0.3, 0.4) is 0 Å². The summed E-state index contributed by atoms with van der Waals surface area (Å²) in [7, 11) is 1.97. The van der Waals surface area contributed by atoms with Gasteiger partial charge in [0.25, 0.3) is 0 Å². The number of hydrogen-bond donors (Lipinski definition) is 1. The number of ketones is 1. The molecular formula is C19H22BrNO3. The maximum absolute atomic E-state index is 11.2. The first-order valence-corrected chi connectivity index (χ1v) is 8.58. The number of carbonyl (C=O) groups excluding carboxylic acids is 1. The van der Waals surface area contributed by atoms with E-state index in [-0.39, 0.29) is 12.4 Å². The van der Waals surface area contributed by atoms with Crippen molar-refractivity contribution >= 4 is 21.7 Å². The van der Waals surface area contributed by atoms with Crippen molar-refractivity contribution in [1.29, 1.82) is 0 Å². The van der Waals surface area contributed by atoms with Gasteiger partial charge < -0.3 is 9.84 Å². The molecule has 0 bridgehead atoms. The van der Waals surface area contributed by atoms with Crippen LogP contribution in [-0.4, -0.2) is 42.1 Å². The average molecular weight is 392 g/mol. The number of nitrogens with zero attached hydrogens (tertiary/aromatic N) is 1. The fourth-order valence-electron chi connectivity index (χ4n) is 2.36. The van der Waals surface area contributed by atoms with Gasteiger partial charge in [-0.1, -0.05) is 28.1 Å². The summed E-state index contributed by atoms with van der Waals surface area (Å²) < 4.78 is 6.63. The summed E-state index contributed by atoms with van der Waals surface area (Å²) in [5.74, 6) is 0.672. The fraction of sp³-hybridized carbons (Fsp3) is 0.316. The van der Waals surface area contributed by atoms with Crippen molar-refractivity contribution < 1.29 is 14.6 Å². The third-order valence-corrected chi connectivity index (χ3v) is 4.12. The smallest absolute Gasteiger partial charge is 0.159 e. The second kappa shape index (κ2) is 8.97. The van der Waals surface area contributed by atoms with E-state index in [2.05, 4.69) is 33.0 Å². The number of ether oxygens (including phenoxy) is 1. The van der Waals surface area contributed by atoms with E-state index in [4.69, 9.17) is 4.74 Å². The average Bonchev–Trinajstić information content (AvgIpc) is 2.55. The molecule has 128 valence electrons. The van der Waals surface area contributed by atoms with Crippen molar-refractivity contribution in [3.8, 4) is 5.75 Å². The summed E-state index contributed by atoms with van der Waals surface area (Å²) in [6, 6.07) is 15.1. The van der Waals surface area contributed by atoms with Crippen LogP contribution in [0.4, 0.5) is 0 Å². The molecule has 5 heteroatoms. The molecule has 0 aliphatic rings. The lowest BCUT2D eigenvalue weighted by Crippen LogP contribution is -2.32. The zero-order chi connectivity index (χ0) is 17.5. The van der Waals surface area contributed by atoms with Crippen molar-refractivity contribution in [2.75, 3.05) is 20.2 Å². The van der Waals surface area contributed by atoms with E-state index in [1.54, 1.807) is 24.3 Å². The quantitative estimate of drug-likeness (QED) is 0.699. The Morgan fingerprint density at radius 1 is 1.17 bits per heavy atom. The van der Waals surface area contributed by atoms with E-state index in [1.165, 1.54) is 12.5 Å². The van der Waals surface area contributed by atoms with Gasteiger partial charge in [-0.15, -0.1) is 0 Å². The zero-order valence-electron chi connectivity index (χ0n) is 13.9. The number of hydrogen-bond acceptors (Lipinski definition) is 4. The predicted molar refractivity (Wildman–Crippen MR) is 98.4 cm³/mol. The van der Waals surface area contributed by atoms with Crippen LogP contribution in [0.1, 0.15) is 22.8 Å². The summed E-state index contributed by atoms with van der Waals surface area (Å²) in [6.45, 7) is 3.02. The number of likely N-dealkylation sites (N-methyl/N-ethyl adjacent to an activating group) is 1. The Hall–Kier alpha value is -1.69. The van der Waals surface area contributed by atoms with E-state index < -0.39 is 6.10 Å². The maximum Gasteiger partial charge on any atom is 0.159 e. The first kappa shape index (κ1) is 18.6. The highest BCUT2D eigenvalue weighted by Gasteiger charge is 2.10. The van der Waals surface area contributed by atoms with Crippen LogP contribution in [0.5, 0.6) is 5.75 Å². The monoisotopic (exact) mass is 391 g/mol. The summed E-state index contributed by atoms with van der Waals surface area (Å²) in [6.07, 6.45) is -0.585. The van der Waals surface area contributed by atoms with Gasteiger partial charge in [0.05, 0.1) is 0 Å². The Balaban J connectivity index is 1.76. The minimum atomic E-state index is -0.585. The highest BCUT2D eigenvalue weighted by atomic mass is 79.9. The predicted octanol–water partition coefficient (Wildman–Crippen LogP) is 3.52. The van der Waals surface area contributed by atoms with E-state index in [0.717, 1.165) is 11.0 Å². The van der Waals surface area contributed by atoms with Gasteiger partial charge in [-0.05, 0) is 55.9 Å². The molecule has 2 rings (SSSR count). The summed E-state index contributed by atoms with van der Waals surface area (Å²) in [5, 5.41) is 10.1. The Morgan fingerprint density at radius 2 is 1.79 bits per heavy atom. The second-order valence-electron chi connectivity index (χ2n) is 5.87.